The van der Waals surface area contributed by atoms with Crippen molar-refractivity contribution in [2.75, 3.05) is 0 Å². The van der Waals surface area contributed by atoms with Gasteiger partial charge in [0.1, 0.15) is 6.10 Å². The maximum atomic E-state index is 5.65. The molecule has 0 N–H and O–H groups in total. The first-order valence-electron chi connectivity index (χ1n) is 5.59. The lowest BCUT2D eigenvalue weighted by atomic mass is 9.88. The average molecular weight is 196 g/mol. The normalized spacial score (nSPS) is 27.2. The molecule has 0 aromatic heterocycles. The SMILES string of the molecule is c1ccc2c3c(ccc2c1)C1OC1CC3. The summed E-state index contributed by atoms with van der Waals surface area (Å²) in [4.78, 5) is 0. The van der Waals surface area contributed by atoms with Crippen molar-refractivity contribution in [1.82, 2.24) is 0 Å². The highest BCUT2D eigenvalue weighted by Gasteiger charge is 2.44. The molecule has 1 saturated heterocycles. The molecule has 4 rings (SSSR count). The Bertz CT molecular complexity index is 544. The maximum Gasteiger partial charge on any atom is 0.109 e. The number of aryl methyl sites for hydroxylation is 1. The van der Waals surface area contributed by atoms with Crippen molar-refractivity contribution < 1.29 is 4.74 Å². The molecule has 0 amide bonds. The van der Waals surface area contributed by atoms with Crippen molar-refractivity contribution >= 4 is 10.8 Å². The highest BCUT2D eigenvalue weighted by Crippen LogP contribution is 2.48. The van der Waals surface area contributed by atoms with Crippen molar-refractivity contribution in [2.45, 2.75) is 25.0 Å². The Labute approximate surface area is 88.7 Å². The summed E-state index contributed by atoms with van der Waals surface area (Å²) in [5, 5.41) is 2.78. The average Bonchev–Trinajstić information content (AvgIpc) is 3.07. The van der Waals surface area contributed by atoms with E-state index in [1.807, 2.05) is 0 Å². The summed E-state index contributed by atoms with van der Waals surface area (Å²) < 4.78 is 5.65. The van der Waals surface area contributed by atoms with Gasteiger partial charge in [-0.1, -0.05) is 36.4 Å². The quantitative estimate of drug-likeness (QED) is 0.589. The number of hydrogen-bond donors (Lipinski definition) is 0. The van der Waals surface area contributed by atoms with E-state index in [-0.39, 0.29) is 0 Å². The molecule has 1 aliphatic carbocycles. The minimum absolute atomic E-state index is 0.415. The number of rotatable bonds is 0. The molecule has 0 saturated carbocycles. The molecule has 0 spiro atoms. The fourth-order valence-corrected chi connectivity index (χ4v) is 2.82. The van der Waals surface area contributed by atoms with Crippen molar-refractivity contribution in [3.05, 3.63) is 47.5 Å². The highest BCUT2D eigenvalue weighted by atomic mass is 16.6. The van der Waals surface area contributed by atoms with Crippen LogP contribution in [0.1, 0.15) is 23.7 Å². The highest BCUT2D eigenvalue weighted by molar-refractivity contribution is 5.87. The van der Waals surface area contributed by atoms with Gasteiger partial charge in [-0.05, 0) is 34.7 Å². The minimum Gasteiger partial charge on any atom is -0.364 e. The van der Waals surface area contributed by atoms with Crippen LogP contribution >= 0.6 is 0 Å². The van der Waals surface area contributed by atoms with Gasteiger partial charge in [0.25, 0.3) is 0 Å². The van der Waals surface area contributed by atoms with E-state index in [1.54, 1.807) is 0 Å². The second-order valence-corrected chi connectivity index (χ2v) is 4.49. The Morgan fingerprint density at radius 3 is 3.00 bits per heavy atom. The maximum absolute atomic E-state index is 5.65. The van der Waals surface area contributed by atoms with Gasteiger partial charge in [0.2, 0.25) is 0 Å². The van der Waals surface area contributed by atoms with Crippen LogP contribution in [0.3, 0.4) is 0 Å². The van der Waals surface area contributed by atoms with Gasteiger partial charge in [0.15, 0.2) is 0 Å². The van der Waals surface area contributed by atoms with Crippen LogP contribution in [0.2, 0.25) is 0 Å². The molecule has 2 unspecified atom stereocenters. The Kier molecular flexibility index (Phi) is 1.37. The van der Waals surface area contributed by atoms with Gasteiger partial charge in [-0.15, -0.1) is 0 Å². The fourth-order valence-electron chi connectivity index (χ4n) is 2.82. The molecule has 74 valence electrons. The van der Waals surface area contributed by atoms with E-state index in [0.717, 1.165) is 0 Å². The van der Waals surface area contributed by atoms with E-state index in [2.05, 4.69) is 36.4 Å². The van der Waals surface area contributed by atoms with Crippen LogP contribution in [0, 0.1) is 0 Å². The van der Waals surface area contributed by atoms with E-state index in [9.17, 15) is 0 Å². The van der Waals surface area contributed by atoms with Crippen molar-refractivity contribution in [1.29, 1.82) is 0 Å². The monoisotopic (exact) mass is 196 g/mol. The molecule has 1 nitrogen and oxygen atoms in total. The Morgan fingerprint density at radius 1 is 1.07 bits per heavy atom. The lowest BCUT2D eigenvalue weighted by molar-refractivity contribution is 0.373. The first kappa shape index (κ1) is 7.89. The van der Waals surface area contributed by atoms with E-state index in [0.29, 0.717) is 12.2 Å². The second kappa shape index (κ2) is 2.61. The van der Waals surface area contributed by atoms with Crippen molar-refractivity contribution in [2.24, 2.45) is 0 Å². The molecular weight excluding hydrogens is 184 g/mol. The van der Waals surface area contributed by atoms with Crippen LogP contribution in [0.15, 0.2) is 36.4 Å². The van der Waals surface area contributed by atoms with Gasteiger partial charge in [0, 0.05) is 0 Å². The van der Waals surface area contributed by atoms with E-state index in [1.165, 1.54) is 34.7 Å². The summed E-state index contributed by atoms with van der Waals surface area (Å²) in [6.45, 7) is 0. The summed E-state index contributed by atoms with van der Waals surface area (Å²) in [6.07, 6.45) is 3.32. The molecule has 2 aromatic carbocycles. The zero-order valence-corrected chi connectivity index (χ0v) is 8.44. The van der Waals surface area contributed by atoms with Crippen LogP contribution in [0.25, 0.3) is 10.8 Å². The largest absolute Gasteiger partial charge is 0.364 e. The van der Waals surface area contributed by atoms with Gasteiger partial charge in [-0.25, -0.2) is 0 Å². The molecule has 1 heterocycles. The molecule has 1 aliphatic heterocycles. The van der Waals surface area contributed by atoms with Crippen LogP contribution in [0.4, 0.5) is 0 Å². The van der Waals surface area contributed by atoms with Crippen molar-refractivity contribution in [3.63, 3.8) is 0 Å². The van der Waals surface area contributed by atoms with Gasteiger partial charge in [-0.3, -0.25) is 0 Å². The van der Waals surface area contributed by atoms with E-state index >= 15 is 0 Å². The lowest BCUT2D eigenvalue weighted by Gasteiger charge is -2.14. The minimum atomic E-state index is 0.415. The molecule has 1 heteroatoms. The number of hydrogen-bond acceptors (Lipinski definition) is 1. The number of epoxide rings is 1. The Morgan fingerprint density at radius 2 is 2.00 bits per heavy atom. The predicted molar refractivity (Wildman–Crippen MR) is 59.9 cm³/mol. The Balaban J connectivity index is 2.07. The van der Waals surface area contributed by atoms with Gasteiger partial charge >= 0.3 is 0 Å². The summed E-state index contributed by atoms with van der Waals surface area (Å²) >= 11 is 0. The first-order valence-corrected chi connectivity index (χ1v) is 5.59. The molecule has 15 heavy (non-hydrogen) atoms. The van der Waals surface area contributed by atoms with Crippen LogP contribution in [-0.2, 0) is 11.2 Å². The smallest absolute Gasteiger partial charge is 0.109 e. The molecule has 0 radical (unpaired) electrons. The molecular formula is C14H12O. The third-order valence-corrected chi connectivity index (χ3v) is 3.64. The number of benzene rings is 2. The lowest BCUT2D eigenvalue weighted by Crippen LogP contribution is -2.04. The predicted octanol–water partition coefficient (Wildman–Crippen LogP) is 3.23. The second-order valence-electron chi connectivity index (χ2n) is 4.49. The number of ether oxygens (including phenoxy) is 1. The van der Waals surface area contributed by atoms with Crippen LogP contribution in [0.5, 0.6) is 0 Å². The summed E-state index contributed by atoms with van der Waals surface area (Å²) in [5.41, 5.74) is 2.96. The first-order chi connectivity index (χ1) is 7.43. The third kappa shape index (κ3) is 1.01. The van der Waals surface area contributed by atoms with Gasteiger partial charge < -0.3 is 4.74 Å². The zero-order valence-electron chi connectivity index (χ0n) is 8.44. The van der Waals surface area contributed by atoms with E-state index in [4.69, 9.17) is 4.74 Å². The topological polar surface area (TPSA) is 12.5 Å². The van der Waals surface area contributed by atoms with E-state index < -0.39 is 0 Å². The van der Waals surface area contributed by atoms with Crippen LogP contribution in [-0.4, -0.2) is 6.10 Å². The zero-order chi connectivity index (χ0) is 9.83. The third-order valence-electron chi connectivity index (χ3n) is 3.64. The van der Waals surface area contributed by atoms with Gasteiger partial charge in [-0.2, -0.15) is 0 Å². The molecule has 1 fully saturated rings. The molecule has 2 aromatic rings. The number of fused-ring (bicyclic) bond motifs is 5. The Hall–Kier alpha value is -1.34. The summed E-state index contributed by atoms with van der Waals surface area (Å²) in [7, 11) is 0. The van der Waals surface area contributed by atoms with Gasteiger partial charge in [0.05, 0.1) is 6.10 Å². The standard InChI is InChI=1S/C14H12O/c1-2-4-10-9(3-1)5-6-12-11(10)7-8-13-14(12)15-13/h1-6,13-14H,7-8H2. The summed E-state index contributed by atoms with van der Waals surface area (Å²) in [5.74, 6) is 0. The fraction of sp³-hybridized carbons (Fsp3) is 0.286. The molecule has 0 bridgehead atoms. The summed E-state index contributed by atoms with van der Waals surface area (Å²) in [6, 6.07) is 13.1. The molecule has 2 aliphatic rings. The van der Waals surface area contributed by atoms with Crippen LogP contribution < -0.4 is 0 Å². The molecule has 2 atom stereocenters. The van der Waals surface area contributed by atoms with Crippen molar-refractivity contribution in [3.8, 4) is 0 Å².